The number of rotatable bonds is 8. The smallest absolute Gasteiger partial charge is 0.310 e. The van der Waals surface area contributed by atoms with Crippen molar-refractivity contribution in [3.8, 4) is 0 Å². The van der Waals surface area contributed by atoms with Gasteiger partial charge in [0.05, 0.1) is 5.92 Å². The monoisotopic (exact) mass is 289 g/mol. The van der Waals surface area contributed by atoms with Gasteiger partial charge in [-0.25, -0.2) is 0 Å². The van der Waals surface area contributed by atoms with E-state index in [4.69, 9.17) is 10.5 Å². The number of carbonyl (C=O) groups is 1. The molecule has 2 N–H and O–H groups in total. The molecule has 0 saturated carbocycles. The lowest BCUT2D eigenvalue weighted by Crippen LogP contribution is -2.34. The zero-order chi connectivity index (χ0) is 15.7. The molecule has 0 aliphatic rings. The highest BCUT2D eigenvalue weighted by atomic mass is 16.5. The summed E-state index contributed by atoms with van der Waals surface area (Å²) < 4.78 is 5.33. The molecule has 1 unspecified atom stereocenters. The zero-order valence-corrected chi connectivity index (χ0v) is 13.3. The summed E-state index contributed by atoms with van der Waals surface area (Å²) in [4.78, 5) is 12.0. The molecule has 3 heteroatoms. The lowest BCUT2D eigenvalue weighted by Gasteiger charge is -2.19. The third-order valence-corrected chi connectivity index (χ3v) is 3.66. The minimum Gasteiger partial charge on any atom is -0.461 e. The molecule has 0 aromatic heterocycles. The first-order valence-corrected chi connectivity index (χ1v) is 7.66. The van der Waals surface area contributed by atoms with Crippen molar-refractivity contribution < 1.29 is 9.53 Å². The Kier molecular flexibility index (Phi) is 7.76. The number of benzene rings is 1. The maximum atomic E-state index is 12.0. The number of esters is 1. The van der Waals surface area contributed by atoms with E-state index in [-0.39, 0.29) is 17.9 Å². The molecule has 0 spiro atoms. The quantitative estimate of drug-likeness (QED) is 0.584. The standard InChI is InChI=1S/C18H27NO2/c1-4-8-14(2)11-12-17(19)15(3)18(20)21-13-16-9-6-5-7-10-16/h5-10,15,17H,4,11-13,19H2,1-3H3/b14-8+/t15?,17-/m1/s1. The van der Waals surface area contributed by atoms with Gasteiger partial charge in [-0.05, 0) is 31.7 Å². The molecule has 0 heterocycles. The van der Waals surface area contributed by atoms with E-state index in [1.807, 2.05) is 37.3 Å². The Morgan fingerprint density at radius 3 is 2.62 bits per heavy atom. The Morgan fingerprint density at radius 2 is 2.00 bits per heavy atom. The molecule has 21 heavy (non-hydrogen) atoms. The molecule has 0 radical (unpaired) electrons. The van der Waals surface area contributed by atoms with Crippen LogP contribution in [0, 0.1) is 5.92 Å². The lowest BCUT2D eigenvalue weighted by atomic mass is 9.96. The fourth-order valence-corrected chi connectivity index (χ4v) is 2.13. The van der Waals surface area contributed by atoms with Crippen molar-refractivity contribution in [2.24, 2.45) is 11.7 Å². The van der Waals surface area contributed by atoms with E-state index >= 15 is 0 Å². The lowest BCUT2D eigenvalue weighted by molar-refractivity contribution is -0.150. The summed E-state index contributed by atoms with van der Waals surface area (Å²) in [6, 6.07) is 9.53. The van der Waals surface area contributed by atoms with Gasteiger partial charge in [-0.15, -0.1) is 0 Å². The number of allylic oxidation sites excluding steroid dienone is 2. The van der Waals surface area contributed by atoms with E-state index in [9.17, 15) is 4.79 Å². The van der Waals surface area contributed by atoms with E-state index in [2.05, 4.69) is 19.9 Å². The molecule has 116 valence electrons. The van der Waals surface area contributed by atoms with Crippen molar-refractivity contribution in [3.05, 3.63) is 47.5 Å². The third-order valence-electron chi connectivity index (χ3n) is 3.66. The van der Waals surface area contributed by atoms with Gasteiger partial charge in [0.25, 0.3) is 0 Å². The summed E-state index contributed by atoms with van der Waals surface area (Å²) in [5.74, 6) is -0.494. The highest BCUT2D eigenvalue weighted by Crippen LogP contribution is 2.14. The summed E-state index contributed by atoms with van der Waals surface area (Å²) in [5, 5.41) is 0. The predicted octanol–water partition coefficient (Wildman–Crippen LogP) is 3.83. The maximum absolute atomic E-state index is 12.0. The molecular formula is C18H27NO2. The minimum atomic E-state index is -0.275. The van der Waals surface area contributed by atoms with Crippen LogP contribution in [0.3, 0.4) is 0 Å². The molecule has 1 aromatic rings. The topological polar surface area (TPSA) is 52.3 Å². The van der Waals surface area contributed by atoms with Crippen molar-refractivity contribution in [3.63, 3.8) is 0 Å². The summed E-state index contributed by atoms with van der Waals surface area (Å²) >= 11 is 0. The number of nitrogens with two attached hydrogens (primary N) is 1. The molecule has 0 aliphatic heterocycles. The van der Waals surface area contributed by atoms with Gasteiger partial charge in [-0.3, -0.25) is 4.79 Å². The van der Waals surface area contributed by atoms with Crippen LogP contribution < -0.4 is 5.73 Å². The minimum absolute atomic E-state index is 0.159. The maximum Gasteiger partial charge on any atom is 0.310 e. The van der Waals surface area contributed by atoms with Crippen molar-refractivity contribution in [2.45, 2.75) is 52.7 Å². The second kappa shape index (κ2) is 9.35. The van der Waals surface area contributed by atoms with Crippen LogP contribution in [0.25, 0.3) is 0 Å². The molecule has 0 bridgehead atoms. The summed E-state index contributed by atoms with van der Waals surface area (Å²) in [6.07, 6.45) is 4.98. The van der Waals surface area contributed by atoms with Gasteiger partial charge in [0.15, 0.2) is 0 Å². The SMILES string of the molecule is CC/C=C(\C)CC[C@@H](N)C(C)C(=O)OCc1ccccc1. The van der Waals surface area contributed by atoms with Crippen LogP contribution in [0.5, 0.6) is 0 Å². The number of carbonyl (C=O) groups excluding carboxylic acids is 1. The second-order valence-corrected chi connectivity index (χ2v) is 5.54. The Hall–Kier alpha value is -1.61. The zero-order valence-electron chi connectivity index (χ0n) is 13.3. The highest BCUT2D eigenvalue weighted by molar-refractivity contribution is 5.72. The van der Waals surface area contributed by atoms with Crippen LogP contribution >= 0.6 is 0 Å². The first-order valence-electron chi connectivity index (χ1n) is 7.66. The Bertz CT molecular complexity index is 454. The van der Waals surface area contributed by atoms with Gasteiger partial charge in [0.2, 0.25) is 0 Å². The van der Waals surface area contributed by atoms with Gasteiger partial charge >= 0.3 is 5.97 Å². The Morgan fingerprint density at radius 1 is 1.33 bits per heavy atom. The normalized spacial score (nSPS) is 14.6. The second-order valence-electron chi connectivity index (χ2n) is 5.54. The van der Waals surface area contributed by atoms with E-state index in [1.54, 1.807) is 0 Å². The molecule has 1 aromatic carbocycles. The summed E-state index contributed by atoms with van der Waals surface area (Å²) in [5.41, 5.74) is 8.43. The van der Waals surface area contributed by atoms with Gasteiger partial charge in [-0.1, -0.05) is 55.8 Å². The first kappa shape index (κ1) is 17.4. The van der Waals surface area contributed by atoms with Crippen LogP contribution in [0.2, 0.25) is 0 Å². The third kappa shape index (κ3) is 6.58. The predicted molar refractivity (Wildman–Crippen MR) is 86.7 cm³/mol. The van der Waals surface area contributed by atoms with Gasteiger partial charge in [0, 0.05) is 6.04 Å². The summed E-state index contributed by atoms with van der Waals surface area (Å²) in [6.45, 7) is 6.38. The van der Waals surface area contributed by atoms with Gasteiger partial charge < -0.3 is 10.5 Å². The van der Waals surface area contributed by atoms with Crippen LogP contribution in [0.1, 0.15) is 45.6 Å². The molecule has 0 fully saturated rings. The Balaban J connectivity index is 2.37. The molecule has 0 saturated heterocycles. The van der Waals surface area contributed by atoms with Crippen molar-refractivity contribution in [1.29, 1.82) is 0 Å². The van der Waals surface area contributed by atoms with E-state index < -0.39 is 0 Å². The number of hydrogen-bond donors (Lipinski definition) is 1. The fraction of sp³-hybridized carbons (Fsp3) is 0.500. The van der Waals surface area contributed by atoms with Crippen LogP contribution in [-0.4, -0.2) is 12.0 Å². The van der Waals surface area contributed by atoms with Gasteiger partial charge in [-0.2, -0.15) is 0 Å². The fourth-order valence-electron chi connectivity index (χ4n) is 2.13. The molecule has 2 atom stereocenters. The number of ether oxygens (including phenoxy) is 1. The first-order chi connectivity index (χ1) is 10.0. The average Bonchev–Trinajstić information content (AvgIpc) is 2.50. The van der Waals surface area contributed by atoms with Crippen LogP contribution in [0.15, 0.2) is 42.0 Å². The molecule has 1 rings (SSSR count). The van der Waals surface area contributed by atoms with E-state index in [0.29, 0.717) is 6.61 Å². The van der Waals surface area contributed by atoms with Gasteiger partial charge in [0.1, 0.15) is 6.61 Å². The number of hydrogen-bond acceptors (Lipinski definition) is 3. The van der Waals surface area contributed by atoms with Crippen molar-refractivity contribution in [2.75, 3.05) is 0 Å². The average molecular weight is 289 g/mol. The largest absolute Gasteiger partial charge is 0.461 e. The molecular weight excluding hydrogens is 262 g/mol. The molecule has 0 aliphatic carbocycles. The molecule has 3 nitrogen and oxygen atoms in total. The van der Waals surface area contributed by atoms with Crippen LogP contribution in [-0.2, 0) is 16.1 Å². The highest BCUT2D eigenvalue weighted by Gasteiger charge is 2.21. The van der Waals surface area contributed by atoms with E-state index in [1.165, 1.54) is 5.57 Å². The van der Waals surface area contributed by atoms with E-state index in [0.717, 1.165) is 24.8 Å². The Labute approximate surface area is 128 Å². The molecule has 0 amide bonds. The van der Waals surface area contributed by atoms with Crippen molar-refractivity contribution >= 4 is 5.97 Å². The van der Waals surface area contributed by atoms with Crippen LogP contribution in [0.4, 0.5) is 0 Å². The summed E-state index contributed by atoms with van der Waals surface area (Å²) in [7, 11) is 0. The van der Waals surface area contributed by atoms with Crippen molar-refractivity contribution in [1.82, 2.24) is 0 Å².